The molecule has 0 spiro atoms. The van der Waals surface area contributed by atoms with Crippen LogP contribution in [0, 0.1) is 12.8 Å². The topological polar surface area (TPSA) is 73.6 Å². The molecule has 0 radical (unpaired) electrons. The third-order valence-corrected chi connectivity index (χ3v) is 4.39. The molecule has 1 aliphatic rings. The first-order chi connectivity index (χ1) is 10.5. The van der Waals surface area contributed by atoms with Crippen LogP contribution in [0.15, 0.2) is 12.1 Å². The molecule has 1 aromatic carbocycles. The minimum Gasteiger partial charge on any atom is -0.496 e. The lowest BCUT2D eigenvalue weighted by Crippen LogP contribution is -2.35. The van der Waals surface area contributed by atoms with Gasteiger partial charge in [0.05, 0.1) is 14.2 Å². The van der Waals surface area contributed by atoms with Crippen molar-refractivity contribution in [2.45, 2.75) is 38.6 Å². The molecular formula is C17H27ClN2O3. The normalized spacial score (nSPS) is 20.3. The number of carbonyl (C=O) groups is 1. The zero-order valence-corrected chi connectivity index (χ0v) is 14.9. The maximum Gasteiger partial charge on any atom is 0.251 e. The molecule has 1 aliphatic carbocycles. The number of ether oxygens (including phenoxy) is 2. The number of nitrogens with two attached hydrogens (primary N) is 1. The third-order valence-electron chi connectivity index (χ3n) is 4.39. The summed E-state index contributed by atoms with van der Waals surface area (Å²) in [5.74, 6) is 1.69. The van der Waals surface area contributed by atoms with Crippen LogP contribution in [0.4, 0.5) is 0 Å². The van der Waals surface area contributed by atoms with Gasteiger partial charge in [-0.05, 0) is 44.2 Å². The molecule has 6 heteroatoms. The Morgan fingerprint density at radius 1 is 1.26 bits per heavy atom. The zero-order chi connectivity index (χ0) is 16.1. The van der Waals surface area contributed by atoms with E-state index in [4.69, 9.17) is 15.2 Å². The van der Waals surface area contributed by atoms with Crippen LogP contribution < -0.4 is 20.5 Å². The van der Waals surface area contributed by atoms with Crippen molar-refractivity contribution in [2.75, 3.05) is 20.8 Å². The average Bonchev–Trinajstić information content (AvgIpc) is 2.53. The third kappa shape index (κ3) is 5.01. The number of benzene rings is 1. The van der Waals surface area contributed by atoms with Gasteiger partial charge in [0, 0.05) is 23.7 Å². The number of nitrogens with one attached hydrogen (secondary N) is 1. The standard InChI is InChI=1S/C17H26N2O3.ClH/c1-11-15(21-2)8-13(9-16(11)22-3)17(20)19-10-12-5-4-6-14(18)7-12;/h8-9,12,14H,4-7,10,18H2,1-3H3,(H,19,20);1H. The van der Waals surface area contributed by atoms with Crippen molar-refractivity contribution in [3.05, 3.63) is 23.3 Å². The molecule has 130 valence electrons. The molecule has 23 heavy (non-hydrogen) atoms. The van der Waals surface area contributed by atoms with E-state index in [1.54, 1.807) is 26.4 Å². The monoisotopic (exact) mass is 342 g/mol. The summed E-state index contributed by atoms with van der Waals surface area (Å²) in [7, 11) is 3.18. The van der Waals surface area contributed by atoms with Crippen molar-refractivity contribution in [3.8, 4) is 11.5 Å². The van der Waals surface area contributed by atoms with Gasteiger partial charge in [-0.3, -0.25) is 4.79 Å². The summed E-state index contributed by atoms with van der Waals surface area (Å²) < 4.78 is 10.6. The highest BCUT2D eigenvalue weighted by Gasteiger charge is 2.20. The molecule has 1 fully saturated rings. The first-order valence-electron chi connectivity index (χ1n) is 7.81. The van der Waals surface area contributed by atoms with Gasteiger partial charge in [-0.2, -0.15) is 0 Å². The SMILES string of the molecule is COc1cc(C(=O)NCC2CCCC(N)C2)cc(OC)c1C.Cl. The summed E-state index contributed by atoms with van der Waals surface area (Å²) in [6.07, 6.45) is 4.36. The van der Waals surface area contributed by atoms with Gasteiger partial charge in [0.25, 0.3) is 5.91 Å². The van der Waals surface area contributed by atoms with Crippen molar-refractivity contribution < 1.29 is 14.3 Å². The van der Waals surface area contributed by atoms with Crippen molar-refractivity contribution in [2.24, 2.45) is 11.7 Å². The van der Waals surface area contributed by atoms with Crippen LogP contribution in [-0.4, -0.2) is 32.7 Å². The summed E-state index contributed by atoms with van der Waals surface area (Å²) in [6, 6.07) is 3.77. The Morgan fingerprint density at radius 3 is 2.39 bits per heavy atom. The molecule has 2 atom stereocenters. The molecule has 0 aliphatic heterocycles. The minimum absolute atomic E-state index is 0. The first kappa shape index (κ1) is 19.6. The van der Waals surface area contributed by atoms with Gasteiger partial charge in [0.1, 0.15) is 11.5 Å². The molecule has 1 saturated carbocycles. The largest absolute Gasteiger partial charge is 0.496 e. The average molecular weight is 343 g/mol. The van der Waals surface area contributed by atoms with E-state index in [0.29, 0.717) is 29.5 Å². The summed E-state index contributed by atoms with van der Waals surface area (Å²) >= 11 is 0. The zero-order valence-electron chi connectivity index (χ0n) is 14.1. The van der Waals surface area contributed by atoms with Gasteiger partial charge in [-0.15, -0.1) is 12.4 Å². The number of methoxy groups -OCH3 is 2. The van der Waals surface area contributed by atoms with Crippen molar-refractivity contribution in [1.29, 1.82) is 0 Å². The van der Waals surface area contributed by atoms with Gasteiger partial charge in [-0.1, -0.05) is 6.42 Å². The molecule has 5 nitrogen and oxygen atoms in total. The second-order valence-corrected chi connectivity index (χ2v) is 6.01. The van der Waals surface area contributed by atoms with Crippen molar-refractivity contribution >= 4 is 18.3 Å². The van der Waals surface area contributed by atoms with E-state index < -0.39 is 0 Å². The van der Waals surface area contributed by atoms with Crippen LogP contribution in [-0.2, 0) is 0 Å². The fourth-order valence-electron chi connectivity index (χ4n) is 3.07. The van der Waals surface area contributed by atoms with Crippen LogP contribution in [0.3, 0.4) is 0 Å². The number of carbonyl (C=O) groups excluding carboxylic acids is 1. The van der Waals surface area contributed by atoms with Crippen LogP contribution in [0.25, 0.3) is 0 Å². The Bertz CT molecular complexity index is 512. The van der Waals surface area contributed by atoms with E-state index in [9.17, 15) is 4.79 Å². The number of amides is 1. The lowest BCUT2D eigenvalue weighted by molar-refractivity contribution is 0.0941. The summed E-state index contributed by atoms with van der Waals surface area (Å²) in [5, 5.41) is 3.01. The second kappa shape index (κ2) is 8.99. The fourth-order valence-corrected chi connectivity index (χ4v) is 3.07. The number of hydrogen-bond donors (Lipinski definition) is 2. The molecular weight excluding hydrogens is 316 g/mol. The quantitative estimate of drug-likeness (QED) is 0.862. The Hall–Kier alpha value is -1.46. The van der Waals surface area contributed by atoms with Crippen molar-refractivity contribution in [1.82, 2.24) is 5.32 Å². The molecule has 0 heterocycles. The molecule has 1 amide bonds. The van der Waals surface area contributed by atoms with Crippen LogP contribution in [0.2, 0.25) is 0 Å². The first-order valence-corrected chi connectivity index (χ1v) is 7.81. The lowest BCUT2D eigenvalue weighted by atomic mass is 9.86. The number of halogens is 1. The van der Waals surface area contributed by atoms with E-state index in [2.05, 4.69) is 5.32 Å². The predicted octanol–water partition coefficient (Wildman–Crippen LogP) is 2.68. The summed E-state index contributed by atoms with van der Waals surface area (Å²) in [6.45, 7) is 2.58. The molecule has 1 aromatic rings. The Kier molecular flexibility index (Phi) is 7.65. The van der Waals surface area contributed by atoms with Gasteiger partial charge in [-0.25, -0.2) is 0 Å². The number of hydrogen-bond acceptors (Lipinski definition) is 4. The second-order valence-electron chi connectivity index (χ2n) is 6.01. The van der Waals surface area contributed by atoms with E-state index >= 15 is 0 Å². The Labute approximate surface area is 144 Å². The van der Waals surface area contributed by atoms with Crippen LogP contribution >= 0.6 is 12.4 Å². The summed E-state index contributed by atoms with van der Waals surface area (Å²) in [5.41, 5.74) is 7.43. The number of rotatable bonds is 5. The van der Waals surface area contributed by atoms with E-state index in [1.807, 2.05) is 6.92 Å². The Balaban J connectivity index is 0.00000264. The summed E-state index contributed by atoms with van der Waals surface area (Å²) in [4.78, 5) is 12.4. The van der Waals surface area contributed by atoms with Gasteiger partial charge in [0.15, 0.2) is 0 Å². The Morgan fingerprint density at radius 2 is 1.87 bits per heavy atom. The van der Waals surface area contributed by atoms with Crippen LogP contribution in [0.1, 0.15) is 41.6 Å². The smallest absolute Gasteiger partial charge is 0.251 e. The van der Waals surface area contributed by atoms with Crippen LogP contribution in [0.5, 0.6) is 11.5 Å². The molecule has 2 unspecified atom stereocenters. The molecule has 0 saturated heterocycles. The highest BCUT2D eigenvalue weighted by atomic mass is 35.5. The lowest BCUT2D eigenvalue weighted by Gasteiger charge is -2.26. The van der Waals surface area contributed by atoms with Gasteiger partial charge < -0.3 is 20.5 Å². The van der Waals surface area contributed by atoms with E-state index in [0.717, 1.165) is 31.2 Å². The molecule has 0 bridgehead atoms. The highest BCUT2D eigenvalue weighted by Crippen LogP contribution is 2.29. The maximum absolute atomic E-state index is 12.4. The predicted molar refractivity (Wildman–Crippen MR) is 93.8 cm³/mol. The van der Waals surface area contributed by atoms with Gasteiger partial charge in [0.2, 0.25) is 0 Å². The van der Waals surface area contributed by atoms with E-state index in [1.165, 1.54) is 0 Å². The van der Waals surface area contributed by atoms with E-state index in [-0.39, 0.29) is 24.4 Å². The maximum atomic E-state index is 12.4. The molecule has 3 N–H and O–H groups in total. The molecule has 0 aromatic heterocycles. The molecule has 2 rings (SSSR count). The van der Waals surface area contributed by atoms with Crippen molar-refractivity contribution in [3.63, 3.8) is 0 Å². The minimum atomic E-state index is -0.101. The highest BCUT2D eigenvalue weighted by molar-refractivity contribution is 5.95. The van der Waals surface area contributed by atoms with Gasteiger partial charge >= 0.3 is 0 Å². The fraction of sp³-hybridized carbons (Fsp3) is 0.588.